The number of aromatic nitrogens is 1. The third kappa shape index (κ3) is 4.26. The van der Waals surface area contributed by atoms with Crippen LogP contribution in [0.5, 0.6) is 0 Å². The van der Waals surface area contributed by atoms with Gasteiger partial charge in [0.2, 0.25) is 0 Å². The first-order valence-electron chi connectivity index (χ1n) is 8.35. The molecular weight excluding hydrogens is 322 g/mol. The fraction of sp³-hybridized carbons (Fsp3) is 0.368. The molecule has 1 aromatic carbocycles. The molecule has 1 N–H and O–H groups in total. The summed E-state index contributed by atoms with van der Waals surface area (Å²) in [5.74, 6) is 0.533. The number of rotatable bonds is 4. The summed E-state index contributed by atoms with van der Waals surface area (Å²) in [5, 5.41) is 3.60. The van der Waals surface area contributed by atoms with Gasteiger partial charge in [-0.15, -0.1) is 0 Å². The summed E-state index contributed by atoms with van der Waals surface area (Å²) in [7, 11) is 0. The van der Waals surface area contributed by atoms with Gasteiger partial charge in [-0.05, 0) is 48.6 Å². The van der Waals surface area contributed by atoms with Crippen molar-refractivity contribution in [3.8, 4) is 0 Å². The Kier molecular flexibility index (Phi) is 5.36. The lowest BCUT2D eigenvalue weighted by atomic mass is 10.00. The lowest BCUT2D eigenvalue weighted by Crippen LogP contribution is -2.34. The molecule has 4 nitrogen and oxygen atoms in total. The molecule has 126 valence electrons. The second-order valence-corrected chi connectivity index (χ2v) is 6.84. The minimum absolute atomic E-state index is 0.156. The number of nitrogens with one attached hydrogen (secondary N) is 1. The fourth-order valence-corrected chi connectivity index (χ4v) is 3.17. The van der Waals surface area contributed by atoms with Crippen molar-refractivity contribution in [2.75, 3.05) is 18.0 Å². The molecule has 2 aromatic rings. The highest BCUT2D eigenvalue weighted by Crippen LogP contribution is 2.23. The number of carbonyl (C=O) groups is 1. The molecule has 1 unspecified atom stereocenters. The summed E-state index contributed by atoms with van der Waals surface area (Å²) >= 11 is 5.87. The zero-order chi connectivity index (χ0) is 16.9. The zero-order valence-electron chi connectivity index (χ0n) is 13.8. The Balaban J connectivity index is 1.64. The van der Waals surface area contributed by atoms with E-state index in [0.717, 1.165) is 24.3 Å². The summed E-state index contributed by atoms with van der Waals surface area (Å²) in [6, 6.07) is 11.3. The first kappa shape index (κ1) is 16.8. The summed E-state index contributed by atoms with van der Waals surface area (Å²) in [6.45, 7) is 4.81. The molecule has 0 saturated carbocycles. The number of benzene rings is 1. The van der Waals surface area contributed by atoms with Gasteiger partial charge < -0.3 is 10.2 Å². The van der Waals surface area contributed by atoms with E-state index in [2.05, 4.69) is 22.1 Å². The summed E-state index contributed by atoms with van der Waals surface area (Å²) in [4.78, 5) is 18.9. The van der Waals surface area contributed by atoms with Crippen molar-refractivity contribution in [1.82, 2.24) is 10.3 Å². The first-order chi connectivity index (χ1) is 11.6. The Hall–Kier alpha value is -2.07. The lowest BCUT2D eigenvalue weighted by molar-refractivity contribution is 0.0946. The summed E-state index contributed by atoms with van der Waals surface area (Å²) < 4.78 is 0. The van der Waals surface area contributed by atoms with Crippen molar-refractivity contribution < 1.29 is 4.79 Å². The van der Waals surface area contributed by atoms with Gasteiger partial charge in [0.05, 0.1) is 0 Å². The van der Waals surface area contributed by atoms with E-state index in [1.807, 2.05) is 36.4 Å². The Bertz CT molecular complexity index is 702. The molecule has 1 aromatic heterocycles. The normalized spacial score (nSPS) is 17.6. The number of anilines is 1. The van der Waals surface area contributed by atoms with Gasteiger partial charge in [0, 0.05) is 36.5 Å². The number of hydrogen-bond acceptors (Lipinski definition) is 3. The molecule has 2 heterocycles. The minimum Gasteiger partial charge on any atom is -0.371 e. The smallest absolute Gasteiger partial charge is 0.270 e. The van der Waals surface area contributed by atoms with E-state index in [1.165, 1.54) is 12.8 Å². The largest absolute Gasteiger partial charge is 0.371 e. The maximum Gasteiger partial charge on any atom is 0.270 e. The quantitative estimate of drug-likeness (QED) is 0.915. The van der Waals surface area contributed by atoms with Crippen molar-refractivity contribution in [3.63, 3.8) is 0 Å². The van der Waals surface area contributed by atoms with Crippen LogP contribution in [0.15, 0.2) is 42.6 Å². The van der Waals surface area contributed by atoms with Gasteiger partial charge in [-0.25, -0.2) is 0 Å². The Morgan fingerprint density at radius 3 is 2.88 bits per heavy atom. The molecule has 1 amide bonds. The number of halogens is 1. The van der Waals surface area contributed by atoms with Crippen LogP contribution in [0.25, 0.3) is 0 Å². The maximum atomic E-state index is 12.4. The second kappa shape index (κ2) is 7.67. The van der Waals surface area contributed by atoms with Gasteiger partial charge in [0.15, 0.2) is 0 Å². The van der Waals surface area contributed by atoms with Gasteiger partial charge in [0.1, 0.15) is 5.69 Å². The molecule has 1 atom stereocenters. The molecule has 1 aliphatic rings. The Labute approximate surface area is 147 Å². The molecule has 1 fully saturated rings. The zero-order valence-corrected chi connectivity index (χ0v) is 14.6. The maximum absolute atomic E-state index is 12.4. The van der Waals surface area contributed by atoms with Gasteiger partial charge >= 0.3 is 0 Å². The van der Waals surface area contributed by atoms with Crippen molar-refractivity contribution in [2.24, 2.45) is 5.92 Å². The van der Waals surface area contributed by atoms with Crippen LogP contribution < -0.4 is 10.2 Å². The van der Waals surface area contributed by atoms with Crippen LogP contribution in [0.1, 0.15) is 35.8 Å². The monoisotopic (exact) mass is 343 g/mol. The number of piperidine rings is 1. The van der Waals surface area contributed by atoms with E-state index >= 15 is 0 Å². The van der Waals surface area contributed by atoms with Crippen molar-refractivity contribution >= 4 is 23.2 Å². The highest BCUT2D eigenvalue weighted by Gasteiger charge is 2.18. The molecule has 24 heavy (non-hydrogen) atoms. The number of pyridine rings is 1. The van der Waals surface area contributed by atoms with E-state index in [1.54, 1.807) is 6.20 Å². The third-order valence-corrected chi connectivity index (χ3v) is 4.62. The molecule has 1 saturated heterocycles. The Morgan fingerprint density at radius 2 is 2.12 bits per heavy atom. The number of nitrogens with zero attached hydrogens (tertiary/aromatic N) is 2. The van der Waals surface area contributed by atoms with Crippen LogP contribution >= 0.6 is 11.6 Å². The molecule has 5 heteroatoms. The fourth-order valence-electron chi connectivity index (χ4n) is 3.04. The predicted octanol–water partition coefficient (Wildman–Crippen LogP) is 3.90. The average molecular weight is 344 g/mol. The van der Waals surface area contributed by atoms with Crippen molar-refractivity contribution in [1.29, 1.82) is 0 Å². The molecular formula is C19H22ClN3O. The topological polar surface area (TPSA) is 45.2 Å². The van der Waals surface area contributed by atoms with Crippen LogP contribution in [-0.4, -0.2) is 24.0 Å². The standard InChI is InChI=1S/C19H22ClN3O/c1-14-3-2-10-23(13-14)17-8-9-21-18(11-17)19(24)22-12-15-4-6-16(20)7-5-15/h4-9,11,14H,2-3,10,12-13H2,1H3,(H,22,24). The highest BCUT2D eigenvalue weighted by atomic mass is 35.5. The third-order valence-electron chi connectivity index (χ3n) is 4.36. The molecule has 0 bridgehead atoms. The molecule has 1 aliphatic heterocycles. The van der Waals surface area contributed by atoms with Crippen molar-refractivity contribution in [3.05, 3.63) is 58.9 Å². The van der Waals surface area contributed by atoms with Crippen LogP contribution in [-0.2, 0) is 6.54 Å². The van der Waals surface area contributed by atoms with Gasteiger partial charge in [-0.3, -0.25) is 9.78 Å². The van der Waals surface area contributed by atoms with E-state index < -0.39 is 0 Å². The van der Waals surface area contributed by atoms with Gasteiger partial charge in [-0.2, -0.15) is 0 Å². The van der Waals surface area contributed by atoms with Gasteiger partial charge in [-0.1, -0.05) is 30.7 Å². The molecule has 0 aliphatic carbocycles. The number of amides is 1. The predicted molar refractivity (Wildman–Crippen MR) is 97.5 cm³/mol. The molecule has 0 radical (unpaired) electrons. The summed E-state index contributed by atoms with van der Waals surface area (Å²) in [5.41, 5.74) is 2.54. The van der Waals surface area contributed by atoms with Crippen LogP contribution in [0.2, 0.25) is 5.02 Å². The van der Waals surface area contributed by atoms with E-state index in [4.69, 9.17) is 11.6 Å². The average Bonchev–Trinajstić information content (AvgIpc) is 2.61. The van der Waals surface area contributed by atoms with Crippen molar-refractivity contribution in [2.45, 2.75) is 26.3 Å². The number of hydrogen-bond donors (Lipinski definition) is 1. The number of carbonyl (C=O) groups excluding carboxylic acids is 1. The van der Waals surface area contributed by atoms with Gasteiger partial charge in [0.25, 0.3) is 5.91 Å². The molecule has 0 spiro atoms. The van der Waals surface area contributed by atoms with E-state index in [9.17, 15) is 4.79 Å². The van der Waals surface area contributed by atoms with E-state index in [0.29, 0.717) is 23.2 Å². The van der Waals surface area contributed by atoms with Crippen LogP contribution in [0, 0.1) is 5.92 Å². The SMILES string of the molecule is CC1CCCN(c2ccnc(C(=O)NCc3ccc(Cl)cc3)c2)C1. The van der Waals surface area contributed by atoms with Crippen LogP contribution in [0.4, 0.5) is 5.69 Å². The minimum atomic E-state index is -0.156. The van der Waals surface area contributed by atoms with E-state index in [-0.39, 0.29) is 5.91 Å². The lowest BCUT2D eigenvalue weighted by Gasteiger charge is -2.32. The highest BCUT2D eigenvalue weighted by molar-refractivity contribution is 6.30. The summed E-state index contributed by atoms with van der Waals surface area (Å²) in [6.07, 6.45) is 4.18. The second-order valence-electron chi connectivity index (χ2n) is 6.40. The molecule has 3 rings (SSSR count). The van der Waals surface area contributed by atoms with Crippen LogP contribution in [0.3, 0.4) is 0 Å². The first-order valence-corrected chi connectivity index (χ1v) is 8.73. The Morgan fingerprint density at radius 1 is 1.33 bits per heavy atom.